The highest BCUT2D eigenvalue weighted by atomic mass is 19.1. The molecule has 1 aliphatic rings. The summed E-state index contributed by atoms with van der Waals surface area (Å²) in [5.41, 5.74) is 4.43. The van der Waals surface area contributed by atoms with E-state index in [0.29, 0.717) is 31.8 Å². The average Bonchev–Trinajstić information content (AvgIpc) is 3.37. The highest BCUT2D eigenvalue weighted by Gasteiger charge is 2.35. The largest absolute Gasteiger partial charge is 0.491 e. The number of carbonyl (C=O) groups is 1. The van der Waals surface area contributed by atoms with Gasteiger partial charge in [-0.15, -0.1) is 0 Å². The Hall–Kier alpha value is -3.67. The van der Waals surface area contributed by atoms with Gasteiger partial charge in [-0.3, -0.25) is 4.79 Å². The predicted octanol–water partition coefficient (Wildman–Crippen LogP) is 5.39. The maximum Gasteiger partial charge on any atom is 0.227 e. The number of aromatic nitrogens is 2. The van der Waals surface area contributed by atoms with Crippen LogP contribution in [0.2, 0.25) is 0 Å². The van der Waals surface area contributed by atoms with E-state index in [1.54, 1.807) is 18.2 Å². The van der Waals surface area contributed by atoms with Crippen molar-refractivity contribution in [2.24, 2.45) is 0 Å². The SMILES string of the molecule is Cc1cccc(C)c1OCCn1c([C@H]2CC(=O)N(c3ccccc3F)C2)nc2ccccc21. The molecule has 0 saturated carbocycles. The molecular weight excluding hydrogens is 417 g/mol. The smallest absolute Gasteiger partial charge is 0.227 e. The van der Waals surface area contributed by atoms with E-state index >= 15 is 0 Å². The van der Waals surface area contributed by atoms with Gasteiger partial charge in [-0.05, 0) is 49.2 Å². The highest BCUT2D eigenvalue weighted by molar-refractivity contribution is 5.96. The van der Waals surface area contributed by atoms with Gasteiger partial charge < -0.3 is 14.2 Å². The molecule has 0 bridgehead atoms. The van der Waals surface area contributed by atoms with Crippen LogP contribution in [0, 0.1) is 19.7 Å². The molecule has 1 atom stereocenters. The number of rotatable bonds is 6. The van der Waals surface area contributed by atoms with E-state index in [2.05, 4.69) is 4.57 Å². The number of hydrogen-bond acceptors (Lipinski definition) is 3. The second-order valence-corrected chi connectivity index (χ2v) is 8.54. The maximum absolute atomic E-state index is 14.4. The van der Waals surface area contributed by atoms with Crippen LogP contribution in [-0.2, 0) is 11.3 Å². The fourth-order valence-corrected chi connectivity index (χ4v) is 4.69. The molecule has 6 heteroatoms. The molecule has 1 amide bonds. The van der Waals surface area contributed by atoms with Crippen molar-refractivity contribution >= 4 is 22.6 Å². The first-order chi connectivity index (χ1) is 16.0. The van der Waals surface area contributed by atoms with Crippen molar-refractivity contribution in [2.45, 2.75) is 32.7 Å². The third-order valence-electron chi connectivity index (χ3n) is 6.29. The van der Waals surface area contributed by atoms with Crippen molar-refractivity contribution in [1.29, 1.82) is 0 Å². The van der Waals surface area contributed by atoms with Crippen LogP contribution in [-0.4, -0.2) is 28.6 Å². The molecule has 2 heterocycles. The van der Waals surface area contributed by atoms with Crippen molar-refractivity contribution < 1.29 is 13.9 Å². The van der Waals surface area contributed by atoms with Gasteiger partial charge >= 0.3 is 0 Å². The molecule has 1 fully saturated rings. The number of anilines is 1. The Kier molecular flexibility index (Phi) is 5.58. The van der Waals surface area contributed by atoms with E-state index in [0.717, 1.165) is 33.7 Å². The van der Waals surface area contributed by atoms with E-state index in [-0.39, 0.29) is 17.6 Å². The molecule has 0 aliphatic carbocycles. The molecule has 168 valence electrons. The summed E-state index contributed by atoms with van der Waals surface area (Å²) in [6.07, 6.45) is 0.301. The van der Waals surface area contributed by atoms with Gasteiger partial charge in [0.1, 0.15) is 24.0 Å². The summed E-state index contributed by atoms with van der Waals surface area (Å²) < 4.78 is 22.7. The van der Waals surface area contributed by atoms with Crippen LogP contribution in [0.15, 0.2) is 66.7 Å². The van der Waals surface area contributed by atoms with Crippen LogP contribution in [0.5, 0.6) is 5.75 Å². The van der Waals surface area contributed by atoms with Gasteiger partial charge in [0.05, 0.1) is 23.3 Å². The van der Waals surface area contributed by atoms with E-state index in [1.807, 2.05) is 56.3 Å². The van der Waals surface area contributed by atoms with E-state index in [1.165, 1.54) is 11.0 Å². The van der Waals surface area contributed by atoms with Crippen molar-refractivity contribution in [3.8, 4) is 5.75 Å². The van der Waals surface area contributed by atoms with Gasteiger partial charge in [-0.25, -0.2) is 9.37 Å². The lowest BCUT2D eigenvalue weighted by Gasteiger charge is -2.18. The Morgan fingerprint density at radius 1 is 1.00 bits per heavy atom. The number of hydrogen-bond donors (Lipinski definition) is 0. The minimum absolute atomic E-state index is 0.0875. The standard InChI is InChI=1S/C27H26FN3O2/c1-18-8-7-9-19(2)26(18)33-15-14-30-24-13-6-4-11-22(24)29-27(30)20-16-25(32)31(17-20)23-12-5-3-10-21(23)28/h3-13,20H,14-17H2,1-2H3/t20-/m0/s1. The fourth-order valence-electron chi connectivity index (χ4n) is 4.69. The van der Waals surface area contributed by atoms with Crippen molar-refractivity contribution in [3.63, 3.8) is 0 Å². The summed E-state index contributed by atoms with van der Waals surface area (Å²) in [5, 5.41) is 0. The predicted molar refractivity (Wildman–Crippen MR) is 127 cm³/mol. The number of para-hydroxylation sites is 4. The molecular formula is C27H26FN3O2. The lowest BCUT2D eigenvalue weighted by molar-refractivity contribution is -0.117. The summed E-state index contributed by atoms with van der Waals surface area (Å²) in [6, 6.07) is 20.5. The number of benzene rings is 3. The molecule has 0 unspecified atom stereocenters. The molecule has 3 aromatic carbocycles. The van der Waals surface area contributed by atoms with Gasteiger partial charge in [0.15, 0.2) is 0 Å². The van der Waals surface area contributed by atoms with Gasteiger partial charge in [-0.1, -0.05) is 42.5 Å². The lowest BCUT2D eigenvalue weighted by Crippen LogP contribution is -2.25. The zero-order valence-corrected chi connectivity index (χ0v) is 18.8. The number of carbonyl (C=O) groups excluding carboxylic acids is 1. The number of ether oxygens (including phenoxy) is 1. The van der Waals surface area contributed by atoms with Crippen LogP contribution in [0.25, 0.3) is 11.0 Å². The van der Waals surface area contributed by atoms with Crippen LogP contribution < -0.4 is 9.64 Å². The molecule has 5 rings (SSSR count). The summed E-state index contributed by atoms with van der Waals surface area (Å²) in [5.74, 6) is 1.15. The van der Waals surface area contributed by atoms with Crippen LogP contribution >= 0.6 is 0 Å². The monoisotopic (exact) mass is 443 g/mol. The van der Waals surface area contributed by atoms with E-state index < -0.39 is 0 Å². The normalized spacial score (nSPS) is 16.0. The van der Waals surface area contributed by atoms with Crippen LogP contribution in [0.3, 0.4) is 0 Å². The number of imidazole rings is 1. The summed E-state index contributed by atoms with van der Waals surface area (Å²) in [6.45, 7) is 5.58. The highest BCUT2D eigenvalue weighted by Crippen LogP contribution is 2.34. The number of nitrogens with zero attached hydrogens (tertiary/aromatic N) is 3. The summed E-state index contributed by atoms with van der Waals surface area (Å²) in [7, 11) is 0. The third kappa shape index (κ3) is 3.97. The van der Waals surface area contributed by atoms with Crippen molar-refractivity contribution in [1.82, 2.24) is 9.55 Å². The van der Waals surface area contributed by atoms with Crippen molar-refractivity contribution in [2.75, 3.05) is 18.1 Å². The fraction of sp³-hybridized carbons (Fsp3) is 0.259. The second-order valence-electron chi connectivity index (χ2n) is 8.54. The Balaban J connectivity index is 1.43. The van der Waals surface area contributed by atoms with Crippen LogP contribution in [0.4, 0.5) is 10.1 Å². The van der Waals surface area contributed by atoms with E-state index in [9.17, 15) is 9.18 Å². The Morgan fingerprint density at radius 3 is 2.52 bits per heavy atom. The Labute approximate surface area is 192 Å². The number of fused-ring (bicyclic) bond motifs is 1. The number of amides is 1. The molecule has 0 spiro atoms. The Morgan fingerprint density at radius 2 is 1.73 bits per heavy atom. The van der Waals surface area contributed by atoms with Gasteiger partial charge in [0, 0.05) is 18.9 Å². The van der Waals surface area contributed by atoms with E-state index in [4.69, 9.17) is 9.72 Å². The molecule has 0 N–H and O–H groups in total. The Bertz CT molecular complexity index is 1310. The maximum atomic E-state index is 14.4. The first kappa shape index (κ1) is 21.2. The van der Waals surface area contributed by atoms with Gasteiger partial charge in [0.25, 0.3) is 0 Å². The number of halogens is 1. The zero-order chi connectivity index (χ0) is 22.9. The molecule has 4 aromatic rings. The molecule has 1 aliphatic heterocycles. The zero-order valence-electron chi connectivity index (χ0n) is 18.8. The first-order valence-corrected chi connectivity index (χ1v) is 11.2. The molecule has 5 nitrogen and oxygen atoms in total. The van der Waals surface area contributed by atoms with Crippen molar-refractivity contribution in [3.05, 3.63) is 89.5 Å². The van der Waals surface area contributed by atoms with Crippen LogP contribution in [0.1, 0.15) is 29.3 Å². The summed E-state index contributed by atoms with van der Waals surface area (Å²) in [4.78, 5) is 19.2. The minimum atomic E-state index is -0.387. The number of aryl methyl sites for hydroxylation is 2. The topological polar surface area (TPSA) is 47.4 Å². The molecule has 33 heavy (non-hydrogen) atoms. The second kappa shape index (κ2) is 8.70. The van der Waals surface area contributed by atoms with Gasteiger partial charge in [-0.2, -0.15) is 0 Å². The quantitative estimate of drug-likeness (QED) is 0.401. The first-order valence-electron chi connectivity index (χ1n) is 11.2. The lowest BCUT2D eigenvalue weighted by atomic mass is 10.1. The van der Waals surface area contributed by atoms with Gasteiger partial charge in [0.2, 0.25) is 5.91 Å². The third-order valence-corrected chi connectivity index (χ3v) is 6.29. The molecule has 1 saturated heterocycles. The average molecular weight is 444 g/mol. The summed E-state index contributed by atoms with van der Waals surface area (Å²) >= 11 is 0. The minimum Gasteiger partial charge on any atom is -0.491 e. The molecule has 1 aromatic heterocycles. The molecule has 0 radical (unpaired) electrons.